The second kappa shape index (κ2) is 8.83. The number of pyridine rings is 1. The van der Waals surface area contributed by atoms with Crippen LogP contribution in [-0.2, 0) is 14.8 Å². The van der Waals surface area contributed by atoms with Crippen molar-refractivity contribution in [1.82, 2.24) is 19.3 Å². The molecule has 164 valence electrons. The number of ether oxygens (including phenoxy) is 1. The Hall–Kier alpha value is -2.66. The van der Waals surface area contributed by atoms with Gasteiger partial charge in [0, 0.05) is 36.4 Å². The number of hydrogen-bond acceptors (Lipinski definition) is 8. The van der Waals surface area contributed by atoms with E-state index in [-0.39, 0.29) is 24.5 Å². The minimum Gasteiger partial charge on any atom is -0.373 e. The van der Waals surface area contributed by atoms with Crippen LogP contribution in [-0.4, -0.2) is 65.3 Å². The average Bonchev–Trinajstić information content (AvgIpc) is 2.76. The van der Waals surface area contributed by atoms with E-state index in [0.717, 1.165) is 16.5 Å². The maximum atomic E-state index is 12.9. The highest BCUT2D eigenvalue weighted by atomic mass is 32.2. The van der Waals surface area contributed by atoms with Crippen molar-refractivity contribution in [1.29, 1.82) is 0 Å². The lowest BCUT2D eigenvalue weighted by atomic mass is 10.2. The predicted molar refractivity (Wildman–Crippen MR) is 120 cm³/mol. The first-order chi connectivity index (χ1) is 14.8. The number of para-hydroxylation sites is 1. The number of hydrogen-bond donors (Lipinski definition) is 1. The van der Waals surface area contributed by atoms with E-state index in [0.29, 0.717) is 24.7 Å². The summed E-state index contributed by atoms with van der Waals surface area (Å²) in [5.74, 6) is 7.19. The predicted octanol–water partition coefficient (Wildman–Crippen LogP) is 1.81. The van der Waals surface area contributed by atoms with Gasteiger partial charge in [-0.3, -0.25) is 9.99 Å². The molecule has 31 heavy (non-hydrogen) atoms. The molecule has 3 aromatic rings. The van der Waals surface area contributed by atoms with Gasteiger partial charge in [0.1, 0.15) is 0 Å². The fourth-order valence-electron chi connectivity index (χ4n) is 3.72. The standard InChI is InChI=1S/C21H26N6O3S/c1-15-13-26(14-16(2)30-15)31(28,29)12-11-27(22)21-18-5-3-4-6-19(18)24-20(25-21)17-7-9-23-10-8-17/h3-10,15-16H,11-14,22H2,1-2H3. The lowest BCUT2D eigenvalue weighted by Gasteiger charge is -2.34. The minimum absolute atomic E-state index is 0.0965. The zero-order valence-electron chi connectivity index (χ0n) is 17.5. The number of hydrazine groups is 1. The normalized spacial score (nSPS) is 20.1. The van der Waals surface area contributed by atoms with Gasteiger partial charge < -0.3 is 4.74 Å². The summed E-state index contributed by atoms with van der Waals surface area (Å²) < 4.78 is 33.0. The van der Waals surface area contributed by atoms with E-state index in [9.17, 15) is 8.42 Å². The van der Waals surface area contributed by atoms with E-state index in [4.69, 9.17) is 10.6 Å². The molecule has 9 nitrogen and oxygen atoms in total. The molecule has 0 saturated carbocycles. The number of benzene rings is 1. The van der Waals surface area contributed by atoms with Crippen LogP contribution in [0.3, 0.4) is 0 Å². The van der Waals surface area contributed by atoms with Crippen LogP contribution in [0.15, 0.2) is 48.8 Å². The van der Waals surface area contributed by atoms with Gasteiger partial charge >= 0.3 is 0 Å². The van der Waals surface area contributed by atoms with Crippen LogP contribution in [0.2, 0.25) is 0 Å². The third-order valence-corrected chi connectivity index (χ3v) is 6.95. The molecule has 4 rings (SSSR count). The number of morpholine rings is 1. The Labute approximate surface area is 181 Å². The Morgan fingerprint density at radius 2 is 1.77 bits per heavy atom. The summed E-state index contributed by atoms with van der Waals surface area (Å²) in [5.41, 5.74) is 1.53. The van der Waals surface area contributed by atoms with Crippen LogP contribution < -0.4 is 10.9 Å². The second-order valence-electron chi connectivity index (χ2n) is 7.71. The van der Waals surface area contributed by atoms with Crippen molar-refractivity contribution in [3.63, 3.8) is 0 Å². The third-order valence-electron chi connectivity index (χ3n) is 5.16. The van der Waals surface area contributed by atoms with E-state index in [2.05, 4.69) is 15.0 Å². The highest BCUT2D eigenvalue weighted by Gasteiger charge is 2.31. The van der Waals surface area contributed by atoms with Crippen molar-refractivity contribution in [2.75, 3.05) is 30.4 Å². The number of aromatic nitrogens is 3. The zero-order valence-corrected chi connectivity index (χ0v) is 18.4. The summed E-state index contributed by atoms with van der Waals surface area (Å²) in [7, 11) is -3.49. The number of rotatable bonds is 6. The van der Waals surface area contributed by atoms with Gasteiger partial charge in [0.2, 0.25) is 10.0 Å². The summed E-state index contributed by atoms with van der Waals surface area (Å²) >= 11 is 0. The molecule has 1 aliphatic rings. The van der Waals surface area contributed by atoms with E-state index in [1.54, 1.807) is 12.4 Å². The average molecular weight is 443 g/mol. The van der Waals surface area contributed by atoms with Gasteiger partial charge in [-0.2, -0.15) is 4.31 Å². The highest BCUT2D eigenvalue weighted by Crippen LogP contribution is 2.26. The number of anilines is 1. The minimum atomic E-state index is -3.49. The maximum Gasteiger partial charge on any atom is 0.216 e. The van der Waals surface area contributed by atoms with E-state index in [1.807, 2.05) is 50.2 Å². The molecule has 2 unspecified atom stereocenters. The van der Waals surface area contributed by atoms with E-state index in [1.165, 1.54) is 9.31 Å². The van der Waals surface area contributed by atoms with Crippen LogP contribution in [0.4, 0.5) is 5.82 Å². The van der Waals surface area contributed by atoms with Crippen molar-refractivity contribution in [2.24, 2.45) is 5.84 Å². The largest absolute Gasteiger partial charge is 0.373 e. The molecular weight excluding hydrogens is 416 g/mol. The van der Waals surface area contributed by atoms with E-state index >= 15 is 0 Å². The van der Waals surface area contributed by atoms with E-state index < -0.39 is 10.0 Å². The first-order valence-electron chi connectivity index (χ1n) is 10.2. The molecule has 0 amide bonds. The SMILES string of the molecule is CC1CN(S(=O)(=O)CCN(N)c2nc(-c3ccncc3)nc3ccccc23)CC(C)O1. The van der Waals surface area contributed by atoms with Crippen LogP contribution in [0.5, 0.6) is 0 Å². The Morgan fingerprint density at radius 3 is 2.48 bits per heavy atom. The van der Waals surface area contributed by atoms with Crippen LogP contribution in [0.25, 0.3) is 22.3 Å². The summed E-state index contributed by atoms with van der Waals surface area (Å²) in [6.07, 6.45) is 3.07. The molecule has 0 spiro atoms. The number of nitrogens with two attached hydrogens (primary N) is 1. The van der Waals surface area contributed by atoms with Gasteiger partial charge in [0.15, 0.2) is 11.6 Å². The number of sulfonamides is 1. The molecule has 1 saturated heterocycles. The Morgan fingerprint density at radius 1 is 1.10 bits per heavy atom. The fraction of sp³-hybridized carbons (Fsp3) is 0.381. The quantitative estimate of drug-likeness (QED) is 0.454. The molecule has 1 aliphatic heterocycles. The van der Waals surface area contributed by atoms with Crippen molar-refractivity contribution >= 4 is 26.7 Å². The smallest absolute Gasteiger partial charge is 0.216 e. The molecule has 3 heterocycles. The molecular formula is C21H26N6O3S. The monoisotopic (exact) mass is 442 g/mol. The lowest BCUT2D eigenvalue weighted by Crippen LogP contribution is -2.50. The lowest BCUT2D eigenvalue weighted by molar-refractivity contribution is -0.0440. The van der Waals surface area contributed by atoms with Crippen molar-refractivity contribution in [2.45, 2.75) is 26.1 Å². The summed E-state index contributed by atoms with van der Waals surface area (Å²) in [6, 6.07) is 11.2. The molecule has 0 radical (unpaired) electrons. The Bertz CT molecular complexity index is 1150. The van der Waals surface area contributed by atoms with Gasteiger partial charge in [-0.15, -0.1) is 0 Å². The first kappa shape index (κ1) is 21.6. The van der Waals surface area contributed by atoms with Crippen molar-refractivity contribution in [3.05, 3.63) is 48.8 Å². The molecule has 2 aromatic heterocycles. The number of nitrogens with zero attached hydrogens (tertiary/aromatic N) is 5. The number of fused-ring (bicyclic) bond motifs is 1. The summed E-state index contributed by atoms with van der Waals surface area (Å²) in [6.45, 7) is 4.54. The molecule has 2 N–H and O–H groups in total. The molecule has 10 heteroatoms. The molecule has 1 fully saturated rings. The second-order valence-corrected chi connectivity index (χ2v) is 9.80. The summed E-state index contributed by atoms with van der Waals surface area (Å²) in [5, 5.41) is 2.15. The van der Waals surface area contributed by atoms with Crippen LogP contribution >= 0.6 is 0 Å². The molecule has 0 aliphatic carbocycles. The topological polar surface area (TPSA) is 115 Å². The maximum absolute atomic E-state index is 12.9. The van der Waals surface area contributed by atoms with Gasteiger partial charge in [0.25, 0.3) is 0 Å². The molecule has 1 aromatic carbocycles. The van der Waals surface area contributed by atoms with Gasteiger partial charge in [-0.05, 0) is 38.1 Å². The Kier molecular flexibility index (Phi) is 6.15. The van der Waals surface area contributed by atoms with Crippen molar-refractivity contribution < 1.29 is 13.2 Å². The third kappa shape index (κ3) is 4.82. The van der Waals surface area contributed by atoms with Gasteiger partial charge in [0.05, 0.1) is 30.0 Å². The van der Waals surface area contributed by atoms with Gasteiger partial charge in [-0.1, -0.05) is 12.1 Å². The van der Waals surface area contributed by atoms with Crippen LogP contribution in [0.1, 0.15) is 13.8 Å². The van der Waals surface area contributed by atoms with Gasteiger partial charge in [-0.25, -0.2) is 24.2 Å². The fourth-order valence-corrected chi connectivity index (χ4v) is 5.28. The van der Waals surface area contributed by atoms with Crippen molar-refractivity contribution in [3.8, 4) is 11.4 Å². The zero-order chi connectivity index (χ0) is 22.0. The highest BCUT2D eigenvalue weighted by molar-refractivity contribution is 7.89. The molecule has 0 bridgehead atoms. The Balaban J connectivity index is 1.59. The molecule has 2 atom stereocenters. The summed E-state index contributed by atoms with van der Waals surface area (Å²) in [4.78, 5) is 13.3. The first-order valence-corrected chi connectivity index (χ1v) is 11.8. The van der Waals surface area contributed by atoms with Crippen LogP contribution in [0, 0.1) is 0 Å².